The summed E-state index contributed by atoms with van der Waals surface area (Å²) in [6.45, 7) is 0. The lowest BCUT2D eigenvalue weighted by Gasteiger charge is -2.26. The van der Waals surface area contributed by atoms with Crippen LogP contribution in [0.25, 0.3) is 11.6 Å². The van der Waals surface area contributed by atoms with Crippen molar-refractivity contribution >= 4 is 29.2 Å². The number of rotatable bonds is 5. The molecular formula is C24H23ClN4O2. The van der Waals surface area contributed by atoms with Crippen LogP contribution in [-0.2, 0) is 23.0 Å². The average molecular weight is 435 g/mol. The number of amides is 1. The van der Waals surface area contributed by atoms with Crippen molar-refractivity contribution in [1.82, 2.24) is 19.9 Å². The monoisotopic (exact) mass is 434 g/mol. The van der Waals surface area contributed by atoms with Gasteiger partial charge in [-0.2, -0.15) is 0 Å². The smallest absolute Gasteiger partial charge is 0.253 e. The lowest BCUT2D eigenvalue weighted by Crippen LogP contribution is -2.40. The van der Waals surface area contributed by atoms with E-state index in [2.05, 4.69) is 27.4 Å². The number of hydrogen-bond acceptors (Lipinski definition) is 4. The van der Waals surface area contributed by atoms with Crippen LogP contribution in [-0.4, -0.2) is 33.2 Å². The van der Waals surface area contributed by atoms with Gasteiger partial charge in [0.2, 0.25) is 0 Å². The van der Waals surface area contributed by atoms with E-state index in [1.807, 2.05) is 42.1 Å². The van der Waals surface area contributed by atoms with Crippen LogP contribution >= 0.6 is 11.6 Å². The van der Waals surface area contributed by atoms with Crippen molar-refractivity contribution in [3.05, 3.63) is 82.2 Å². The van der Waals surface area contributed by atoms with E-state index in [1.54, 1.807) is 19.6 Å². The summed E-state index contributed by atoms with van der Waals surface area (Å²) in [5, 5.41) is 3.89. The third-order valence-electron chi connectivity index (χ3n) is 6.22. The van der Waals surface area contributed by atoms with Gasteiger partial charge >= 0.3 is 0 Å². The second-order valence-electron chi connectivity index (χ2n) is 8.15. The third-order valence-corrected chi connectivity index (χ3v) is 6.46. The molecule has 6 nitrogen and oxygen atoms in total. The first-order valence-corrected chi connectivity index (χ1v) is 10.7. The van der Waals surface area contributed by atoms with Crippen molar-refractivity contribution in [2.45, 2.75) is 30.9 Å². The van der Waals surface area contributed by atoms with Crippen LogP contribution in [0.3, 0.4) is 0 Å². The molecule has 158 valence electrons. The van der Waals surface area contributed by atoms with Gasteiger partial charge < -0.3 is 14.6 Å². The number of methoxy groups -OCH3 is 1. The lowest BCUT2D eigenvalue weighted by atomic mass is 9.91. The van der Waals surface area contributed by atoms with Crippen LogP contribution in [0.4, 0.5) is 0 Å². The molecule has 0 unspecified atom stereocenters. The van der Waals surface area contributed by atoms with Gasteiger partial charge in [-0.3, -0.25) is 9.78 Å². The number of ether oxygens (including phenoxy) is 1. The zero-order chi connectivity index (χ0) is 21.6. The Bertz CT molecular complexity index is 1200. The van der Waals surface area contributed by atoms with Gasteiger partial charge in [0.05, 0.1) is 30.0 Å². The molecule has 2 heterocycles. The minimum Gasteiger partial charge on any atom is -0.368 e. The molecule has 1 amide bonds. The van der Waals surface area contributed by atoms with Gasteiger partial charge in [-0.15, -0.1) is 0 Å². The number of imidazole rings is 1. The summed E-state index contributed by atoms with van der Waals surface area (Å²) < 4.78 is 7.46. The van der Waals surface area contributed by atoms with Gasteiger partial charge in [-0.25, -0.2) is 4.98 Å². The standard InChI is InChI=1S/C24H23ClN4O2/c1-29-14-26-13-21(29)22(28-23(30)24(31-2)7-8-24)19-10-16-4-3-9-27-20(16)11-15-5-6-17(25)12-18(15)19/h3-6,9-10,12-14,22H,7-8,11H2,1-2H3,(H,28,30)/t22-/m1/s1. The van der Waals surface area contributed by atoms with Crippen LogP contribution in [0, 0.1) is 0 Å². The largest absolute Gasteiger partial charge is 0.368 e. The molecule has 0 spiro atoms. The molecule has 2 aromatic heterocycles. The summed E-state index contributed by atoms with van der Waals surface area (Å²) in [7, 11) is 3.52. The maximum atomic E-state index is 13.2. The maximum Gasteiger partial charge on any atom is 0.253 e. The highest BCUT2D eigenvalue weighted by Gasteiger charge is 2.51. The molecule has 31 heavy (non-hydrogen) atoms. The van der Waals surface area contributed by atoms with Crippen molar-refractivity contribution in [2.24, 2.45) is 7.05 Å². The van der Waals surface area contributed by atoms with E-state index in [1.165, 1.54) is 0 Å². The SMILES string of the molecule is COC1(C(=O)N[C@H](C2=Cc3cccnc3Cc3ccc(Cl)cc32)c2cncn2C)CC1. The van der Waals surface area contributed by atoms with Gasteiger partial charge in [-0.1, -0.05) is 23.7 Å². The minimum atomic E-state index is -0.737. The fourth-order valence-electron chi connectivity index (χ4n) is 4.22. The zero-order valence-electron chi connectivity index (χ0n) is 17.4. The highest BCUT2D eigenvalue weighted by Crippen LogP contribution is 2.42. The number of nitrogens with one attached hydrogen (secondary N) is 1. The molecule has 2 aliphatic rings. The Balaban J connectivity index is 1.69. The predicted octanol–water partition coefficient (Wildman–Crippen LogP) is 3.95. The molecular weight excluding hydrogens is 412 g/mol. The fourth-order valence-corrected chi connectivity index (χ4v) is 4.39. The van der Waals surface area contributed by atoms with Crippen LogP contribution < -0.4 is 5.32 Å². The summed E-state index contributed by atoms with van der Waals surface area (Å²) in [6, 6.07) is 9.46. The number of carbonyl (C=O) groups excluding carboxylic acids is 1. The number of hydrogen-bond donors (Lipinski definition) is 1. The third kappa shape index (κ3) is 3.56. The van der Waals surface area contributed by atoms with Crippen molar-refractivity contribution < 1.29 is 9.53 Å². The Morgan fingerprint density at radius 2 is 2.16 bits per heavy atom. The topological polar surface area (TPSA) is 69.0 Å². The minimum absolute atomic E-state index is 0.110. The first-order chi connectivity index (χ1) is 15.0. The number of nitrogens with zero attached hydrogens (tertiary/aromatic N) is 3. The Morgan fingerprint density at radius 1 is 1.32 bits per heavy atom. The van der Waals surface area contributed by atoms with Crippen molar-refractivity contribution in [2.75, 3.05) is 7.11 Å². The van der Waals surface area contributed by atoms with Crippen LogP contribution in [0.1, 0.15) is 47.0 Å². The quantitative estimate of drug-likeness (QED) is 0.660. The van der Waals surface area contributed by atoms with E-state index in [4.69, 9.17) is 16.3 Å². The highest BCUT2D eigenvalue weighted by molar-refractivity contribution is 6.30. The molecule has 1 atom stereocenters. The molecule has 7 heteroatoms. The molecule has 2 aliphatic carbocycles. The summed E-state index contributed by atoms with van der Waals surface area (Å²) in [5.74, 6) is -0.110. The Hall–Kier alpha value is -2.96. The molecule has 1 saturated carbocycles. The molecule has 3 aromatic rings. The van der Waals surface area contributed by atoms with E-state index in [9.17, 15) is 4.79 Å². The Morgan fingerprint density at radius 3 is 2.87 bits per heavy atom. The van der Waals surface area contributed by atoms with E-state index >= 15 is 0 Å². The molecule has 1 aromatic carbocycles. The van der Waals surface area contributed by atoms with E-state index in [0.29, 0.717) is 11.4 Å². The molecule has 0 aliphatic heterocycles. The van der Waals surface area contributed by atoms with E-state index in [-0.39, 0.29) is 5.91 Å². The first-order valence-electron chi connectivity index (χ1n) is 10.3. The fraction of sp³-hybridized carbons (Fsp3) is 0.292. The number of carbonyl (C=O) groups is 1. The highest BCUT2D eigenvalue weighted by atomic mass is 35.5. The number of aromatic nitrogens is 3. The van der Waals surface area contributed by atoms with Crippen LogP contribution in [0.2, 0.25) is 5.02 Å². The molecule has 0 bridgehead atoms. The van der Waals surface area contributed by atoms with Crippen molar-refractivity contribution in [3.8, 4) is 0 Å². The average Bonchev–Trinajstić information content (AvgIpc) is 3.50. The van der Waals surface area contributed by atoms with Gasteiger partial charge in [-0.05, 0) is 59.4 Å². The number of benzene rings is 1. The van der Waals surface area contributed by atoms with Crippen LogP contribution in [0.5, 0.6) is 0 Å². The summed E-state index contributed by atoms with van der Waals surface area (Å²) in [5.41, 5.74) is 5.23. The second-order valence-corrected chi connectivity index (χ2v) is 8.59. The number of aryl methyl sites for hydroxylation is 1. The van der Waals surface area contributed by atoms with E-state index < -0.39 is 11.6 Å². The first kappa shape index (κ1) is 20.0. The molecule has 1 fully saturated rings. The second kappa shape index (κ2) is 7.62. The summed E-state index contributed by atoms with van der Waals surface area (Å²) >= 11 is 6.41. The normalized spacial score (nSPS) is 17.1. The maximum absolute atomic E-state index is 13.2. The molecule has 0 radical (unpaired) electrons. The van der Waals surface area contributed by atoms with Crippen molar-refractivity contribution in [1.29, 1.82) is 0 Å². The summed E-state index contributed by atoms with van der Waals surface area (Å²) in [4.78, 5) is 22.1. The van der Waals surface area contributed by atoms with Gasteiger partial charge in [0.15, 0.2) is 0 Å². The summed E-state index contributed by atoms with van der Waals surface area (Å²) in [6.07, 6.45) is 9.58. The molecule has 0 saturated heterocycles. The lowest BCUT2D eigenvalue weighted by molar-refractivity contribution is -0.133. The molecule has 5 rings (SSSR count). The number of fused-ring (bicyclic) bond motifs is 2. The number of pyridine rings is 1. The Kier molecular flexibility index (Phi) is 4.91. The van der Waals surface area contributed by atoms with Crippen LogP contribution in [0.15, 0.2) is 49.1 Å². The van der Waals surface area contributed by atoms with E-state index in [0.717, 1.165) is 46.5 Å². The van der Waals surface area contributed by atoms with Gasteiger partial charge in [0.1, 0.15) is 5.60 Å². The van der Waals surface area contributed by atoms with Crippen molar-refractivity contribution in [3.63, 3.8) is 0 Å². The molecule has 1 N–H and O–H groups in total. The Labute approximate surface area is 185 Å². The predicted molar refractivity (Wildman–Crippen MR) is 119 cm³/mol. The number of halogens is 1. The van der Waals surface area contributed by atoms with Gasteiger partial charge in [0.25, 0.3) is 5.91 Å². The van der Waals surface area contributed by atoms with Gasteiger partial charge in [0, 0.05) is 31.8 Å². The zero-order valence-corrected chi connectivity index (χ0v) is 18.2.